The summed E-state index contributed by atoms with van der Waals surface area (Å²) < 4.78 is 0. The number of hydrogen-bond donors (Lipinski definition) is 0. The smallest absolute Gasteiger partial charge is 0.0509 e. The van der Waals surface area contributed by atoms with Crippen LogP contribution < -0.4 is 4.90 Å². The number of halogens is 2. The highest BCUT2D eigenvalue weighted by atomic mass is 35.5. The highest BCUT2D eigenvalue weighted by Crippen LogP contribution is 2.23. The predicted octanol–water partition coefficient (Wildman–Crippen LogP) is 4.42. The maximum absolute atomic E-state index is 5.97. The lowest BCUT2D eigenvalue weighted by molar-refractivity contribution is 0.909. The summed E-state index contributed by atoms with van der Waals surface area (Å²) in [6.45, 7) is 2.79. The van der Waals surface area contributed by atoms with E-state index in [2.05, 4.69) is 23.0 Å². The van der Waals surface area contributed by atoms with Crippen molar-refractivity contribution in [2.75, 3.05) is 11.9 Å². The number of aryl methyl sites for hydroxylation is 1. The van der Waals surface area contributed by atoms with Crippen molar-refractivity contribution >= 4 is 28.9 Å². The van der Waals surface area contributed by atoms with E-state index in [1.807, 2.05) is 37.4 Å². The lowest BCUT2D eigenvalue weighted by atomic mass is 10.1. The highest BCUT2D eigenvalue weighted by Gasteiger charge is 2.08. The van der Waals surface area contributed by atoms with Gasteiger partial charge in [0.05, 0.1) is 5.88 Å². The molecule has 0 saturated heterocycles. The van der Waals surface area contributed by atoms with Crippen LogP contribution in [0.5, 0.6) is 0 Å². The Morgan fingerprint density at radius 2 is 1.89 bits per heavy atom. The molecule has 0 unspecified atom stereocenters. The van der Waals surface area contributed by atoms with E-state index in [9.17, 15) is 0 Å². The molecule has 1 aromatic carbocycles. The number of benzene rings is 1. The van der Waals surface area contributed by atoms with Gasteiger partial charge in [-0.05, 0) is 30.7 Å². The van der Waals surface area contributed by atoms with Crippen molar-refractivity contribution in [3.8, 4) is 0 Å². The zero-order chi connectivity index (χ0) is 13.8. The molecule has 2 aromatic rings. The van der Waals surface area contributed by atoms with Gasteiger partial charge in [0.25, 0.3) is 0 Å². The zero-order valence-corrected chi connectivity index (χ0v) is 12.5. The first kappa shape index (κ1) is 14.2. The Balaban J connectivity index is 2.21. The summed E-state index contributed by atoms with van der Waals surface area (Å²) in [5.74, 6) is 0.466. The van der Waals surface area contributed by atoms with Gasteiger partial charge in [-0.1, -0.05) is 23.7 Å². The molecule has 1 heterocycles. The third-order valence-corrected chi connectivity index (χ3v) is 3.53. The Morgan fingerprint density at radius 3 is 2.53 bits per heavy atom. The Labute approximate surface area is 124 Å². The summed E-state index contributed by atoms with van der Waals surface area (Å²) in [6, 6.07) is 9.95. The van der Waals surface area contributed by atoms with E-state index in [1.165, 1.54) is 5.56 Å². The molecular formula is C15H16Cl2N2. The fourth-order valence-electron chi connectivity index (χ4n) is 1.98. The normalized spacial score (nSPS) is 10.5. The average molecular weight is 295 g/mol. The minimum Gasteiger partial charge on any atom is -0.370 e. The Morgan fingerprint density at radius 1 is 1.21 bits per heavy atom. The standard InChI is InChI=1S/C15H16Cl2N2/c1-11-7-15(13(8-16)9-18-11)19(2)10-12-3-5-14(17)6-4-12/h3-7,9H,8,10H2,1-2H3. The monoisotopic (exact) mass is 294 g/mol. The van der Waals surface area contributed by atoms with Crippen LogP contribution in [0, 0.1) is 6.92 Å². The molecule has 0 atom stereocenters. The molecule has 0 bridgehead atoms. The summed E-state index contributed by atoms with van der Waals surface area (Å²) in [4.78, 5) is 6.46. The van der Waals surface area contributed by atoms with Crippen LogP contribution in [0.1, 0.15) is 16.8 Å². The molecule has 0 spiro atoms. The van der Waals surface area contributed by atoms with Gasteiger partial charge in [-0.25, -0.2) is 0 Å². The molecule has 19 heavy (non-hydrogen) atoms. The number of rotatable bonds is 4. The number of anilines is 1. The molecule has 2 rings (SSSR count). The zero-order valence-electron chi connectivity index (χ0n) is 11.0. The van der Waals surface area contributed by atoms with Crippen LogP contribution >= 0.6 is 23.2 Å². The highest BCUT2D eigenvalue weighted by molar-refractivity contribution is 6.30. The van der Waals surface area contributed by atoms with E-state index < -0.39 is 0 Å². The molecule has 0 aliphatic carbocycles. The van der Waals surface area contributed by atoms with Gasteiger partial charge in [0.15, 0.2) is 0 Å². The van der Waals surface area contributed by atoms with Crippen LogP contribution in [-0.2, 0) is 12.4 Å². The van der Waals surface area contributed by atoms with Crippen molar-refractivity contribution in [3.05, 3.63) is 58.4 Å². The number of aromatic nitrogens is 1. The van der Waals surface area contributed by atoms with Gasteiger partial charge >= 0.3 is 0 Å². The van der Waals surface area contributed by atoms with Crippen LogP contribution in [0.15, 0.2) is 36.5 Å². The van der Waals surface area contributed by atoms with Gasteiger partial charge in [0, 0.05) is 41.8 Å². The summed E-state index contributed by atoms with van der Waals surface area (Å²) in [5.41, 5.74) is 4.37. The molecule has 0 radical (unpaired) electrons. The fraction of sp³-hybridized carbons (Fsp3) is 0.267. The Bertz CT molecular complexity index is 553. The van der Waals surface area contributed by atoms with E-state index in [-0.39, 0.29) is 0 Å². The molecule has 100 valence electrons. The number of alkyl halides is 1. The van der Waals surface area contributed by atoms with Gasteiger partial charge < -0.3 is 4.90 Å². The summed E-state index contributed by atoms with van der Waals surface area (Å²) >= 11 is 11.9. The number of nitrogens with zero attached hydrogens (tertiary/aromatic N) is 2. The molecule has 0 amide bonds. The summed E-state index contributed by atoms with van der Waals surface area (Å²) in [6.07, 6.45) is 1.84. The second-order valence-electron chi connectivity index (χ2n) is 4.57. The van der Waals surface area contributed by atoms with Crippen LogP contribution in [0.2, 0.25) is 5.02 Å². The second-order valence-corrected chi connectivity index (χ2v) is 5.27. The molecular weight excluding hydrogens is 279 g/mol. The molecule has 4 heteroatoms. The maximum Gasteiger partial charge on any atom is 0.0509 e. The van der Waals surface area contributed by atoms with Crippen molar-refractivity contribution in [1.29, 1.82) is 0 Å². The molecule has 0 aliphatic rings. The van der Waals surface area contributed by atoms with Gasteiger partial charge in [-0.3, -0.25) is 4.98 Å². The van der Waals surface area contributed by atoms with Gasteiger partial charge in [0.1, 0.15) is 0 Å². The van der Waals surface area contributed by atoms with Crippen molar-refractivity contribution in [2.24, 2.45) is 0 Å². The lowest BCUT2D eigenvalue weighted by Gasteiger charge is -2.22. The van der Waals surface area contributed by atoms with Crippen LogP contribution in [0.25, 0.3) is 0 Å². The Kier molecular flexibility index (Phi) is 4.67. The molecule has 1 aromatic heterocycles. The first-order chi connectivity index (χ1) is 9.10. The third-order valence-electron chi connectivity index (χ3n) is 2.99. The van der Waals surface area contributed by atoms with Crippen LogP contribution in [-0.4, -0.2) is 12.0 Å². The van der Waals surface area contributed by atoms with Crippen molar-refractivity contribution in [1.82, 2.24) is 4.98 Å². The molecule has 0 aliphatic heterocycles. The summed E-state index contributed by atoms with van der Waals surface area (Å²) in [5, 5.41) is 0.757. The minimum absolute atomic E-state index is 0.466. The number of hydrogen-bond acceptors (Lipinski definition) is 2. The SMILES string of the molecule is Cc1cc(N(C)Cc2ccc(Cl)cc2)c(CCl)cn1. The van der Waals surface area contributed by atoms with E-state index >= 15 is 0 Å². The lowest BCUT2D eigenvalue weighted by Crippen LogP contribution is -2.18. The first-order valence-electron chi connectivity index (χ1n) is 6.07. The topological polar surface area (TPSA) is 16.1 Å². The molecule has 0 N–H and O–H groups in total. The van der Waals surface area contributed by atoms with Gasteiger partial charge in [-0.2, -0.15) is 0 Å². The van der Waals surface area contributed by atoms with Gasteiger partial charge in [0.2, 0.25) is 0 Å². The summed E-state index contributed by atoms with van der Waals surface area (Å²) in [7, 11) is 2.05. The van der Waals surface area contributed by atoms with Crippen LogP contribution in [0.4, 0.5) is 5.69 Å². The van der Waals surface area contributed by atoms with Crippen molar-refractivity contribution < 1.29 is 0 Å². The molecule has 0 fully saturated rings. The van der Waals surface area contributed by atoms with E-state index in [4.69, 9.17) is 23.2 Å². The fourth-order valence-corrected chi connectivity index (χ4v) is 2.31. The van der Waals surface area contributed by atoms with Crippen molar-refractivity contribution in [2.45, 2.75) is 19.3 Å². The maximum atomic E-state index is 5.97. The average Bonchev–Trinajstić information content (AvgIpc) is 2.41. The Hall–Kier alpha value is -1.25. The van der Waals surface area contributed by atoms with E-state index in [0.717, 1.165) is 28.5 Å². The van der Waals surface area contributed by atoms with E-state index in [0.29, 0.717) is 5.88 Å². The molecule has 2 nitrogen and oxygen atoms in total. The van der Waals surface area contributed by atoms with Gasteiger partial charge in [-0.15, -0.1) is 11.6 Å². The predicted molar refractivity (Wildman–Crippen MR) is 82.1 cm³/mol. The minimum atomic E-state index is 0.466. The van der Waals surface area contributed by atoms with Crippen LogP contribution in [0.3, 0.4) is 0 Å². The van der Waals surface area contributed by atoms with Crippen molar-refractivity contribution in [3.63, 3.8) is 0 Å². The first-order valence-corrected chi connectivity index (χ1v) is 6.98. The number of pyridine rings is 1. The second kappa shape index (κ2) is 6.27. The molecule has 0 saturated carbocycles. The third kappa shape index (κ3) is 3.62. The van der Waals surface area contributed by atoms with E-state index in [1.54, 1.807) is 0 Å². The largest absolute Gasteiger partial charge is 0.370 e. The quantitative estimate of drug-likeness (QED) is 0.776.